The van der Waals surface area contributed by atoms with Crippen molar-refractivity contribution in [3.05, 3.63) is 88.9 Å². The molecule has 2 aliphatic heterocycles. The minimum absolute atomic E-state index is 0.141. The Bertz CT molecular complexity index is 1390. The van der Waals surface area contributed by atoms with Gasteiger partial charge in [0.25, 0.3) is 0 Å². The molecular weight excluding hydrogens is 500 g/mol. The third-order valence-corrected chi connectivity index (χ3v) is 8.55. The van der Waals surface area contributed by atoms with E-state index in [-0.39, 0.29) is 17.7 Å². The Hall–Kier alpha value is -3.56. The van der Waals surface area contributed by atoms with Gasteiger partial charge in [-0.3, -0.25) is 9.10 Å². The van der Waals surface area contributed by atoms with Crippen LogP contribution in [0.5, 0.6) is 0 Å². The number of hydrogen-bond acceptors (Lipinski definition) is 4. The van der Waals surface area contributed by atoms with Gasteiger partial charge in [-0.05, 0) is 66.1 Å². The van der Waals surface area contributed by atoms with Gasteiger partial charge in [-0.15, -0.1) is 0 Å². The average molecular weight is 525 g/mol. The largest absolute Gasteiger partial charge is 0.324 e. The minimum atomic E-state index is -3.28. The summed E-state index contributed by atoms with van der Waals surface area (Å²) in [6.07, 6.45) is 0.970. The van der Waals surface area contributed by atoms with E-state index < -0.39 is 16.1 Å². The lowest BCUT2D eigenvalue weighted by Gasteiger charge is -2.36. The first kappa shape index (κ1) is 24.1. The zero-order chi connectivity index (χ0) is 25.3. The minimum Gasteiger partial charge on any atom is -0.324 e. The number of halogens is 1. The van der Waals surface area contributed by atoms with Crippen molar-refractivity contribution in [1.82, 2.24) is 4.90 Å². The van der Waals surface area contributed by atoms with Crippen molar-refractivity contribution in [3.63, 3.8) is 0 Å². The van der Waals surface area contributed by atoms with Crippen LogP contribution in [-0.4, -0.2) is 43.6 Å². The maximum atomic E-state index is 13.4. The van der Waals surface area contributed by atoms with Crippen LogP contribution in [0.25, 0.3) is 0 Å². The van der Waals surface area contributed by atoms with Gasteiger partial charge in [-0.2, -0.15) is 0 Å². The monoisotopic (exact) mass is 524 g/mol. The molecule has 2 heterocycles. The van der Waals surface area contributed by atoms with Gasteiger partial charge in [0.05, 0.1) is 11.4 Å². The molecule has 8 nitrogen and oxygen atoms in total. The van der Waals surface area contributed by atoms with Crippen LogP contribution in [0.3, 0.4) is 0 Å². The van der Waals surface area contributed by atoms with Crippen molar-refractivity contribution in [3.8, 4) is 0 Å². The Kier molecular flexibility index (Phi) is 6.59. The number of nitrogens with one attached hydrogen (secondary N) is 2. The highest BCUT2D eigenvalue weighted by molar-refractivity contribution is 7.93. The molecule has 0 radical (unpaired) electrons. The number of anilines is 3. The molecular formula is C26H25ClN4O4S. The molecule has 186 valence electrons. The topological polar surface area (TPSA) is 98.8 Å². The molecule has 5 rings (SSSR count). The van der Waals surface area contributed by atoms with E-state index >= 15 is 0 Å². The fraction of sp³-hybridized carbons (Fsp3) is 0.231. The smallest absolute Gasteiger partial charge is 0.322 e. The van der Waals surface area contributed by atoms with E-state index in [2.05, 4.69) is 10.6 Å². The number of rotatable bonds is 4. The van der Waals surface area contributed by atoms with E-state index in [1.54, 1.807) is 48.5 Å². The van der Waals surface area contributed by atoms with Gasteiger partial charge in [0.2, 0.25) is 15.9 Å². The molecule has 0 saturated carbocycles. The summed E-state index contributed by atoms with van der Waals surface area (Å²) in [5.41, 5.74) is 3.68. The molecule has 1 fully saturated rings. The zero-order valence-electron chi connectivity index (χ0n) is 19.4. The molecule has 3 amide bonds. The summed E-state index contributed by atoms with van der Waals surface area (Å²) in [6.45, 7) is 0.743. The van der Waals surface area contributed by atoms with E-state index in [9.17, 15) is 18.0 Å². The number of amides is 3. The molecule has 0 unspecified atom stereocenters. The number of fused-ring (bicyclic) bond motifs is 1. The van der Waals surface area contributed by atoms with Gasteiger partial charge in [-0.1, -0.05) is 35.9 Å². The van der Waals surface area contributed by atoms with E-state index in [1.807, 2.05) is 24.3 Å². The molecule has 2 aliphatic rings. The highest BCUT2D eigenvalue weighted by Crippen LogP contribution is 2.28. The summed E-state index contributed by atoms with van der Waals surface area (Å²) >= 11 is 5.95. The summed E-state index contributed by atoms with van der Waals surface area (Å²) in [4.78, 5) is 28.1. The Morgan fingerprint density at radius 2 is 1.50 bits per heavy atom. The van der Waals surface area contributed by atoms with E-state index in [0.29, 0.717) is 48.0 Å². The van der Waals surface area contributed by atoms with Crippen molar-refractivity contribution < 1.29 is 18.0 Å². The number of benzene rings is 3. The summed E-state index contributed by atoms with van der Waals surface area (Å²) in [5.74, 6) is -0.181. The van der Waals surface area contributed by atoms with Crippen LogP contribution in [0, 0.1) is 0 Å². The molecule has 36 heavy (non-hydrogen) atoms. The molecule has 0 spiro atoms. The van der Waals surface area contributed by atoms with Gasteiger partial charge in [0, 0.05) is 35.9 Å². The second-order valence-electron chi connectivity index (χ2n) is 8.83. The number of nitrogens with zero attached hydrogens (tertiary/aromatic N) is 2. The third-order valence-electron chi connectivity index (χ3n) is 6.43. The molecule has 0 aromatic heterocycles. The molecule has 1 atom stereocenters. The maximum Gasteiger partial charge on any atom is 0.322 e. The Labute approximate surface area is 214 Å². The van der Waals surface area contributed by atoms with E-state index in [4.69, 9.17) is 11.6 Å². The van der Waals surface area contributed by atoms with Crippen LogP contribution in [0.15, 0.2) is 72.8 Å². The van der Waals surface area contributed by atoms with Gasteiger partial charge in [-0.25, -0.2) is 13.2 Å². The van der Waals surface area contributed by atoms with Gasteiger partial charge >= 0.3 is 6.03 Å². The van der Waals surface area contributed by atoms with Crippen LogP contribution in [0.1, 0.15) is 17.5 Å². The second kappa shape index (κ2) is 9.83. The highest BCUT2D eigenvalue weighted by atomic mass is 35.5. The Morgan fingerprint density at radius 3 is 2.17 bits per heavy atom. The van der Waals surface area contributed by atoms with E-state index in [0.717, 1.165) is 11.1 Å². The normalized spacial score (nSPS) is 18.4. The summed E-state index contributed by atoms with van der Waals surface area (Å²) < 4.78 is 25.8. The quantitative estimate of drug-likeness (QED) is 0.525. The van der Waals surface area contributed by atoms with Crippen LogP contribution >= 0.6 is 11.6 Å². The number of sulfonamides is 1. The predicted molar refractivity (Wildman–Crippen MR) is 141 cm³/mol. The van der Waals surface area contributed by atoms with Crippen LogP contribution in [0.2, 0.25) is 5.02 Å². The number of carbonyl (C=O) groups excluding carboxylic acids is 2. The van der Waals surface area contributed by atoms with Crippen molar-refractivity contribution in [2.75, 3.05) is 27.2 Å². The van der Waals surface area contributed by atoms with Gasteiger partial charge in [0.1, 0.15) is 6.04 Å². The van der Waals surface area contributed by atoms with Crippen molar-refractivity contribution in [2.24, 2.45) is 0 Å². The maximum absolute atomic E-state index is 13.4. The van der Waals surface area contributed by atoms with Crippen LogP contribution in [0.4, 0.5) is 21.9 Å². The molecule has 0 aliphatic carbocycles. The molecule has 3 aromatic rings. The number of urea groups is 1. The third kappa shape index (κ3) is 5.03. The van der Waals surface area contributed by atoms with Gasteiger partial charge in [0.15, 0.2) is 0 Å². The number of hydrogen-bond donors (Lipinski definition) is 2. The average Bonchev–Trinajstić information content (AvgIpc) is 3.23. The van der Waals surface area contributed by atoms with Crippen LogP contribution in [-0.2, 0) is 27.8 Å². The Morgan fingerprint density at radius 1 is 0.861 bits per heavy atom. The first-order valence-corrected chi connectivity index (χ1v) is 13.6. The number of carbonyl (C=O) groups is 2. The summed E-state index contributed by atoms with van der Waals surface area (Å²) in [7, 11) is -3.28. The van der Waals surface area contributed by atoms with Gasteiger partial charge < -0.3 is 15.5 Å². The first-order valence-electron chi connectivity index (χ1n) is 11.6. The van der Waals surface area contributed by atoms with Crippen molar-refractivity contribution in [1.29, 1.82) is 0 Å². The Balaban J connectivity index is 1.34. The SMILES string of the molecule is O=C(Nc1ccc(N2CCCS2(=O)=O)cc1)[C@H]1Cc2ccccc2CN1C(=O)Nc1ccc(Cl)cc1. The van der Waals surface area contributed by atoms with Crippen LogP contribution < -0.4 is 14.9 Å². The lowest BCUT2D eigenvalue weighted by molar-refractivity contribution is -0.120. The molecule has 10 heteroatoms. The first-order chi connectivity index (χ1) is 17.3. The lowest BCUT2D eigenvalue weighted by Crippen LogP contribution is -2.52. The molecule has 1 saturated heterocycles. The molecule has 0 bridgehead atoms. The summed E-state index contributed by atoms with van der Waals surface area (Å²) in [6, 6.07) is 20.1. The lowest BCUT2D eigenvalue weighted by atomic mass is 9.93. The van der Waals surface area contributed by atoms with Crippen molar-refractivity contribution in [2.45, 2.75) is 25.4 Å². The molecule has 2 N–H and O–H groups in total. The highest BCUT2D eigenvalue weighted by Gasteiger charge is 2.35. The standard InChI is InChI=1S/C26H25ClN4O4S/c27-20-6-8-22(9-7-20)29-26(33)30-17-19-5-2-1-4-18(19)16-24(30)25(32)28-21-10-12-23(13-11-21)31-14-3-15-36(31,34)35/h1-2,4-13,24H,3,14-17H2,(H,28,32)(H,29,33)/t24-/m1/s1. The second-order valence-corrected chi connectivity index (χ2v) is 11.3. The fourth-order valence-corrected chi connectivity index (χ4v) is 6.26. The van der Waals surface area contributed by atoms with Crippen molar-refractivity contribution >= 4 is 50.6 Å². The molecule has 3 aromatic carbocycles. The van der Waals surface area contributed by atoms with E-state index in [1.165, 1.54) is 9.21 Å². The fourth-order valence-electron chi connectivity index (χ4n) is 4.57. The zero-order valence-corrected chi connectivity index (χ0v) is 20.9. The summed E-state index contributed by atoms with van der Waals surface area (Å²) in [5, 5.41) is 6.30. The predicted octanol–water partition coefficient (Wildman–Crippen LogP) is 4.48.